The van der Waals surface area contributed by atoms with E-state index >= 15 is 0 Å². The van der Waals surface area contributed by atoms with Crippen molar-refractivity contribution in [3.05, 3.63) is 76.9 Å². The molecule has 0 bridgehead atoms. The van der Waals surface area contributed by atoms with E-state index in [1.807, 2.05) is 50.2 Å². The van der Waals surface area contributed by atoms with Gasteiger partial charge in [0.05, 0.1) is 11.2 Å². The lowest BCUT2D eigenvalue weighted by molar-refractivity contribution is -0.118. The fraction of sp³-hybridized carbons (Fsp3) is 0.136. The van der Waals surface area contributed by atoms with E-state index < -0.39 is 0 Å². The second-order valence-corrected chi connectivity index (χ2v) is 7.10. The van der Waals surface area contributed by atoms with Crippen molar-refractivity contribution in [1.29, 1.82) is 0 Å². The van der Waals surface area contributed by atoms with E-state index in [4.69, 9.17) is 16.3 Å². The van der Waals surface area contributed by atoms with Crippen LogP contribution in [-0.2, 0) is 4.79 Å². The zero-order valence-corrected chi connectivity index (χ0v) is 16.8. The molecule has 29 heavy (non-hydrogen) atoms. The van der Waals surface area contributed by atoms with Gasteiger partial charge in [-0.2, -0.15) is 9.78 Å². The Morgan fingerprint density at radius 3 is 2.76 bits per heavy atom. The molecule has 146 valence electrons. The van der Waals surface area contributed by atoms with Crippen molar-refractivity contribution in [2.24, 2.45) is 0 Å². The van der Waals surface area contributed by atoms with E-state index in [1.165, 1.54) is 0 Å². The van der Waals surface area contributed by atoms with Crippen LogP contribution in [0, 0.1) is 13.8 Å². The summed E-state index contributed by atoms with van der Waals surface area (Å²) in [6, 6.07) is 18.8. The van der Waals surface area contributed by atoms with Gasteiger partial charge in [-0.1, -0.05) is 29.8 Å². The first-order valence-corrected chi connectivity index (χ1v) is 9.49. The molecule has 1 amide bonds. The molecule has 0 aliphatic heterocycles. The molecule has 0 aliphatic rings. The number of nitrogens with zero attached hydrogens (tertiary/aromatic N) is 3. The summed E-state index contributed by atoms with van der Waals surface area (Å²) in [7, 11) is 0. The zero-order chi connectivity index (χ0) is 20.4. The highest BCUT2D eigenvalue weighted by atomic mass is 35.5. The van der Waals surface area contributed by atoms with Crippen molar-refractivity contribution in [2.75, 3.05) is 11.9 Å². The van der Waals surface area contributed by atoms with Crippen LogP contribution in [0.1, 0.15) is 11.3 Å². The number of nitrogens with one attached hydrogen (secondary N) is 1. The first-order chi connectivity index (χ1) is 14.0. The van der Waals surface area contributed by atoms with Gasteiger partial charge in [0, 0.05) is 16.5 Å². The molecule has 7 heteroatoms. The highest BCUT2D eigenvalue weighted by Crippen LogP contribution is 2.22. The molecule has 2 heterocycles. The molecule has 1 N–H and O–H groups in total. The quantitative estimate of drug-likeness (QED) is 0.521. The number of carbonyl (C=O) groups excluding carboxylic acids is 1. The van der Waals surface area contributed by atoms with Gasteiger partial charge < -0.3 is 10.1 Å². The molecule has 4 aromatic rings. The largest absolute Gasteiger partial charge is 0.484 e. The van der Waals surface area contributed by atoms with E-state index in [1.54, 1.807) is 28.9 Å². The normalized spacial score (nSPS) is 10.9. The number of aryl methyl sites for hydroxylation is 2. The number of aromatic nitrogens is 3. The Hall–Kier alpha value is -3.38. The molecular weight excluding hydrogens is 388 g/mol. The summed E-state index contributed by atoms with van der Waals surface area (Å²) >= 11 is 6.01. The monoisotopic (exact) mass is 406 g/mol. The number of pyridine rings is 1. The van der Waals surface area contributed by atoms with Crippen molar-refractivity contribution >= 4 is 34.2 Å². The number of anilines is 1. The number of ether oxygens (including phenoxy) is 1. The van der Waals surface area contributed by atoms with E-state index in [-0.39, 0.29) is 12.5 Å². The predicted molar refractivity (Wildman–Crippen MR) is 114 cm³/mol. The summed E-state index contributed by atoms with van der Waals surface area (Å²) in [5.74, 6) is 1.45. The average Bonchev–Trinajstić information content (AvgIpc) is 3.08. The van der Waals surface area contributed by atoms with Crippen molar-refractivity contribution in [3.63, 3.8) is 0 Å². The van der Waals surface area contributed by atoms with Crippen LogP contribution in [-0.4, -0.2) is 27.3 Å². The van der Waals surface area contributed by atoms with Gasteiger partial charge >= 0.3 is 0 Å². The van der Waals surface area contributed by atoms with Crippen LogP contribution in [0.3, 0.4) is 0 Å². The van der Waals surface area contributed by atoms with Gasteiger partial charge in [0.25, 0.3) is 5.91 Å². The lowest BCUT2D eigenvalue weighted by atomic mass is 10.2. The molecule has 0 fully saturated rings. The number of rotatable bonds is 5. The Balaban J connectivity index is 1.51. The standard InChI is InChI=1S/C22H19ClN4O2/c1-14-11-17(8-9-18(14)23)29-13-22(28)25-21-12-15(2)26-27(21)20-10-7-16-5-3-4-6-19(16)24-20/h3-12H,13H2,1-2H3,(H,25,28). The van der Waals surface area contributed by atoms with Crippen LogP contribution in [0.2, 0.25) is 5.02 Å². The first kappa shape index (κ1) is 19.0. The van der Waals surface area contributed by atoms with Crippen LogP contribution in [0.25, 0.3) is 16.7 Å². The number of amides is 1. The minimum Gasteiger partial charge on any atom is -0.484 e. The highest BCUT2D eigenvalue weighted by molar-refractivity contribution is 6.31. The maximum Gasteiger partial charge on any atom is 0.263 e. The van der Waals surface area contributed by atoms with Gasteiger partial charge in [-0.05, 0) is 55.8 Å². The summed E-state index contributed by atoms with van der Waals surface area (Å²) in [6.07, 6.45) is 0. The van der Waals surface area contributed by atoms with Crippen molar-refractivity contribution < 1.29 is 9.53 Å². The van der Waals surface area contributed by atoms with Crippen LogP contribution in [0.5, 0.6) is 5.75 Å². The fourth-order valence-electron chi connectivity index (χ4n) is 2.97. The number of fused-ring (bicyclic) bond motifs is 1. The Labute approximate surface area is 173 Å². The minimum atomic E-state index is -0.292. The number of hydrogen-bond donors (Lipinski definition) is 1. The maximum atomic E-state index is 12.4. The molecule has 4 rings (SSSR count). The summed E-state index contributed by atoms with van der Waals surface area (Å²) in [6.45, 7) is 3.61. The summed E-state index contributed by atoms with van der Waals surface area (Å²) in [5.41, 5.74) is 2.52. The summed E-state index contributed by atoms with van der Waals surface area (Å²) < 4.78 is 7.19. The molecule has 0 unspecified atom stereocenters. The molecule has 6 nitrogen and oxygen atoms in total. The van der Waals surface area contributed by atoms with E-state index in [9.17, 15) is 4.79 Å². The third-order valence-corrected chi connectivity index (χ3v) is 4.82. The van der Waals surface area contributed by atoms with E-state index in [2.05, 4.69) is 15.4 Å². The average molecular weight is 407 g/mol. The SMILES string of the molecule is Cc1cc(NC(=O)COc2ccc(Cl)c(C)c2)n(-c2ccc3ccccc3n2)n1. The molecule has 0 saturated heterocycles. The second-order valence-electron chi connectivity index (χ2n) is 6.69. The lowest BCUT2D eigenvalue weighted by Gasteiger charge is -2.10. The second kappa shape index (κ2) is 7.93. The molecule has 0 spiro atoms. The van der Waals surface area contributed by atoms with Crippen LogP contribution in [0.15, 0.2) is 60.7 Å². The number of benzene rings is 2. The zero-order valence-electron chi connectivity index (χ0n) is 16.0. The Morgan fingerprint density at radius 2 is 1.93 bits per heavy atom. The molecule has 0 saturated carbocycles. The Kier molecular flexibility index (Phi) is 5.18. The molecule has 2 aromatic carbocycles. The molecule has 2 aromatic heterocycles. The fourth-order valence-corrected chi connectivity index (χ4v) is 3.09. The van der Waals surface area contributed by atoms with Crippen LogP contribution < -0.4 is 10.1 Å². The topological polar surface area (TPSA) is 69.0 Å². The van der Waals surface area contributed by atoms with Gasteiger partial charge in [0.2, 0.25) is 0 Å². The summed E-state index contributed by atoms with van der Waals surface area (Å²) in [4.78, 5) is 17.1. The van der Waals surface area contributed by atoms with E-state index in [0.29, 0.717) is 22.4 Å². The lowest BCUT2D eigenvalue weighted by Crippen LogP contribution is -2.22. The third kappa shape index (κ3) is 4.22. The number of halogens is 1. The number of hydrogen-bond acceptors (Lipinski definition) is 4. The van der Waals surface area contributed by atoms with Crippen LogP contribution >= 0.6 is 11.6 Å². The van der Waals surface area contributed by atoms with Gasteiger partial charge in [-0.15, -0.1) is 0 Å². The third-order valence-electron chi connectivity index (χ3n) is 4.40. The smallest absolute Gasteiger partial charge is 0.263 e. The van der Waals surface area contributed by atoms with Gasteiger partial charge in [0.1, 0.15) is 11.6 Å². The highest BCUT2D eigenvalue weighted by Gasteiger charge is 2.13. The minimum absolute atomic E-state index is 0.129. The van der Waals surface area contributed by atoms with Crippen molar-refractivity contribution in [1.82, 2.24) is 14.8 Å². The molecular formula is C22H19ClN4O2. The molecule has 0 aliphatic carbocycles. The van der Waals surface area contributed by atoms with Crippen molar-refractivity contribution in [2.45, 2.75) is 13.8 Å². The predicted octanol–water partition coefficient (Wildman–Crippen LogP) is 4.71. The van der Waals surface area contributed by atoms with Gasteiger partial charge in [-0.25, -0.2) is 4.98 Å². The van der Waals surface area contributed by atoms with Crippen molar-refractivity contribution in [3.8, 4) is 11.6 Å². The van der Waals surface area contributed by atoms with E-state index in [0.717, 1.165) is 22.2 Å². The molecule has 0 atom stereocenters. The summed E-state index contributed by atoms with van der Waals surface area (Å²) in [5, 5.41) is 9.00. The maximum absolute atomic E-state index is 12.4. The van der Waals surface area contributed by atoms with Gasteiger partial charge in [0.15, 0.2) is 12.4 Å². The Morgan fingerprint density at radius 1 is 1.10 bits per heavy atom. The van der Waals surface area contributed by atoms with Gasteiger partial charge in [-0.3, -0.25) is 4.79 Å². The molecule has 0 radical (unpaired) electrons. The van der Waals surface area contributed by atoms with Crippen LogP contribution in [0.4, 0.5) is 5.82 Å². The number of para-hydroxylation sites is 1. The Bertz CT molecular complexity index is 1200. The number of carbonyl (C=O) groups is 1. The first-order valence-electron chi connectivity index (χ1n) is 9.11.